The molecule has 1 aliphatic rings. The first-order valence-corrected chi connectivity index (χ1v) is 9.49. The Hall–Kier alpha value is -3.19. The molecule has 1 amide bonds. The first-order valence-electron chi connectivity index (χ1n) is 9.49. The quantitative estimate of drug-likeness (QED) is 0.637. The summed E-state index contributed by atoms with van der Waals surface area (Å²) in [6.07, 6.45) is 2.19. The van der Waals surface area contributed by atoms with Crippen LogP contribution >= 0.6 is 0 Å². The zero-order chi connectivity index (χ0) is 19.3. The molecule has 3 N–H and O–H groups in total. The van der Waals surface area contributed by atoms with Crippen molar-refractivity contribution in [3.05, 3.63) is 82.0 Å². The van der Waals surface area contributed by atoms with Crippen LogP contribution in [0.5, 0.6) is 0 Å². The van der Waals surface area contributed by atoms with E-state index in [1.807, 2.05) is 24.3 Å². The number of nitrogens with one attached hydrogen (secondary N) is 3. The van der Waals surface area contributed by atoms with Crippen LogP contribution in [0.25, 0.3) is 0 Å². The van der Waals surface area contributed by atoms with E-state index >= 15 is 0 Å². The highest BCUT2D eigenvalue weighted by atomic mass is 16.2. The molecule has 0 atom stereocenters. The smallest absolute Gasteiger partial charge is 0.319 e. The first-order chi connectivity index (χ1) is 13.7. The fraction of sp³-hybridized carbons (Fsp3) is 0.286. The summed E-state index contributed by atoms with van der Waals surface area (Å²) in [7, 11) is 0. The lowest BCUT2D eigenvalue weighted by Crippen LogP contribution is -2.32. The van der Waals surface area contributed by atoms with Gasteiger partial charge in [0.05, 0.1) is 0 Å². The highest BCUT2D eigenvalue weighted by Gasteiger charge is 2.21. The van der Waals surface area contributed by atoms with Crippen LogP contribution in [0.3, 0.4) is 0 Å². The largest absolute Gasteiger partial charge is 0.341 e. The second-order valence-electron chi connectivity index (χ2n) is 7.14. The van der Waals surface area contributed by atoms with E-state index < -0.39 is 11.6 Å². The second-order valence-corrected chi connectivity index (χ2v) is 7.14. The van der Waals surface area contributed by atoms with Crippen molar-refractivity contribution in [2.45, 2.75) is 25.3 Å². The van der Waals surface area contributed by atoms with Crippen molar-refractivity contribution in [1.29, 1.82) is 0 Å². The standard InChI is InChI=1S/C21H23N5O2/c27-20(19-23-21(28)25-24-19)22-18-8-4-7-17(13-18)16-9-11-26(12-10-16)14-15-5-2-1-3-6-15/h1-8,13,16H,9-12,14H2,(H,22,27)(H2,23,24,25,28). The molecular weight excluding hydrogens is 354 g/mol. The van der Waals surface area contributed by atoms with Crippen LogP contribution in [0.2, 0.25) is 0 Å². The highest BCUT2D eigenvalue weighted by Crippen LogP contribution is 2.30. The molecule has 28 heavy (non-hydrogen) atoms. The summed E-state index contributed by atoms with van der Waals surface area (Å²) < 4.78 is 0. The van der Waals surface area contributed by atoms with Gasteiger partial charge in [0, 0.05) is 12.2 Å². The van der Waals surface area contributed by atoms with Crippen molar-refractivity contribution in [2.75, 3.05) is 18.4 Å². The SMILES string of the molecule is O=C(Nc1cccc(C2CCN(Cc3ccccc3)CC2)c1)c1n[nH]c(=O)[nH]1. The molecule has 4 rings (SSSR count). The summed E-state index contributed by atoms with van der Waals surface area (Å²) in [5.41, 5.74) is 2.79. The predicted octanol–water partition coefficient (Wildman–Crippen LogP) is 2.73. The molecule has 0 bridgehead atoms. The third-order valence-corrected chi connectivity index (χ3v) is 5.17. The molecule has 3 aromatic rings. The minimum Gasteiger partial charge on any atom is -0.319 e. The van der Waals surface area contributed by atoms with Crippen molar-refractivity contribution in [2.24, 2.45) is 0 Å². The van der Waals surface area contributed by atoms with E-state index in [9.17, 15) is 9.59 Å². The summed E-state index contributed by atoms with van der Waals surface area (Å²) in [5.74, 6) is 0.0202. The number of carbonyl (C=O) groups excluding carboxylic acids is 1. The van der Waals surface area contributed by atoms with E-state index in [1.54, 1.807) is 0 Å². The van der Waals surface area contributed by atoms with Gasteiger partial charge in [-0.1, -0.05) is 42.5 Å². The van der Waals surface area contributed by atoms with Gasteiger partial charge in [0.25, 0.3) is 5.91 Å². The van der Waals surface area contributed by atoms with Crippen LogP contribution in [-0.4, -0.2) is 39.1 Å². The van der Waals surface area contributed by atoms with Crippen molar-refractivity contribution in [1.82, 2.24) is 20.1 Å². The average molecular weight is 377 g/mol. The van der Waals surface area contributed by atoms with Crippen LogP contribution in [0.4, 0.5) is 5.69 Å². The summed E-state index contributed by atoms with van der Waals surface area (Å²) in [6, 6.07) is 18.5. The number of hydrogen-bond acceptors (Lipinski definition) is 4. The van der Waals surface area contributed by atoms with E-state index in [0.717, 1.165) is 32.5 Å². The van der Waals surface area contributed by atoms with Crippen LogP contribution in [0, 0.1) is 0 Å². The van der Waals surface area contributed by atoms with E-state index in [1.165, 1.54) is 11.1 Å². The second kappa shape index (κ2) is 8.22. The molecule has 1 aliphatic heterocycles. The van der Waals surface area contributed by atoms with Gasteiger partial charge >= 0.3 is 5.69 Å². The Bertz CT molecular complexity index is 987. The average Bonchev–Trinajstić information content (AvgIpc) is 3.16. The fourth-order valence-electron chi connectivity index (χ4n) is 3.70. The monoisotopic (exact) mass is 377 g/mol. The molecule has 0 aliphatic carbocycles. The number of hydrogen-bond donors (Lipinski definition) is 3. The Morgan fingerprint density at radius 3 is 2.61 bits per heavy atom. The molecule has 2 aromatic carbocycles. The Labute approximate surface area is 162 Å². The van der Waals surface area contributed by atoms with Crippen molar-refractivity contribution < 1.29 is 4.79 Å². The molecule has 144 valence electrons. The van der Waals surface area contributed by atoms with Crippen LogP contribution in [-0.2, 0) is 6.54 Å². The minimum atomic E-state index is -0.499. The third-order valence-electron chi connectivity index (χ3n) is 5.17. The Balaban J connectivity index is 1.36. The van der Waals surface area contributed by atoms with Gasteiger partial charge < -0.3 is 5.32 Å². The lowest BCUT2D eigenvalue weighted by atomic mass is 9.89. The Kier molecular flexibility index (Phi) is 5.34. The number of aromatic nitrogens is 3. The zero-order valence-corrected chi connectivity index (χ0v) is 15.5. The highest BCUT2D eigenvalue weighted by molar-refractivity contribution is 6.01. The van der Waals surface area contributed by atoms with Crippen molar-refractivity contribution in [3.63, 3.8) is 0 Å². The summed E-state index contributed by atoms with van der Waals surface area (Å²) in [5, 5.41) is 8.64. The van der Waals surface area contributed by atoms with Crippen LogP contribution < -0.4 is 11.0 Å². The molecule has 1 saturated heterocycles. The number of aromatic amines is 2. The number of rotatable bonds is 5. The van der Waals surface area contributed by atoms with Crippen LogP contribution in [0.1, 0.15) is 40.5 Å². The topological polar surface area (TPSA) is 93.9 Å². The van der Waals surface area contributed by atoms with E-state index in [0.29, 0.717) is 11.6 Å². The number of likely N-dealkylation sites (tertiary alicyclic amines) is 1. The van der Waals surface area contributed by atoms with Crippen molar-refractivity contribution in [3.8, 4) is 0 Å². The third kappa shape index (κ3) is 4.37. The van der Waals surface area contributed by atoms with Gasteiger partial charge in [0.2, 0.25) is 5.82 Å². The van der Waals surface area contributed by atoms with E-state index in [-0.39, 0.29) is 5.82 Å². The number of piperidine rings is 1. The maximum Gasteiger partial charge on any atom is 0.341 e. The first kappa shape index (κ1) is 18.2. The minimum absolute atomic E-state index is 0.0235. The maximum absolute atomic E-state index is 12.2. The Morgan fingerprint density at radius 1 is 1.11 bits per heavy atom. The Morgan fingerprint density at radius 2 is 1.89 bits per heavy atom. The van der Waals surface area contributed by atoms with Gasteiger partial charge in [-0.15, -0.1) is 5.10 Å². The predicted molar refractivity (Wildman–Crippen MR) is 107 cm³/mol. The fourth-order valence-corrected chi connectivity index (χ4v) is 3.70. The molecule has 0 unspecified atom stereocenters. The summed E-state index contributed by atoms with van der Waals surface area (Å²) in [6.45, 7) is 3.11. The van der Waals surface area contributed by atoms with E-state index in [2.05, 4.69) is 55.7 Å². The molecule has 0 spiro atoms. The lowest BCUT2D eigenvalue weighted by molar-refractivity contribution is 0.101. The molecule has 7 nitrogen and oxygen atoms in total. The van der Waals surface area contributed by atoms with E-state index in [4.69, 9.17) is 0 Å². The van der Waals surface area contributed by atoms with Gasteiger partial charge in [-0.05, 0) is 55.1 Å². The summed E-state index contributed by atoms with van der Waals surface area (Å²) in [4.78, 5) is 28.1. The van der Waals surface area contributed by atoms with Gasteiger partial charge in [0.15, 0.2) is 0 Å². The normalized spacial score (nSPS) is 15.4. The molecule has 0 saturated carbocycles. The molecular formula is C21H23N5O2. The lowest BCUT2D eigenvalue weighted by Gasteiger charge is -2.32. The van der Waals surface area contributed by atoms with Gasteiger partial charge in [-0.25, -0.2) is 9.89 Å². The molecule has 7 heteroatoms. The van der Waals surface area contributed by atoms with Gasteiger partial charge in [0.1, 0.15) is 0 Å². The number of benzene rings is 2. The zero-order valence-electron chi connectivity index (χ0n) is 15.5. The number of anilines is 1. The van der Waals surface area contributed by atoms with Gasteiger partial charge in [-0.2, -0.15) is 0 Å². The number of nitrogens with zero attached hydrogens (tertiary/aromatic N) is 2. The maximum atomic E-state index is 12.2. The van der Waals surface area contributed by atoms with Crippen LogP contribution in [0.15, 0.2) is 59.4 Å². The number of carbonyl (C=O) groups is 1. The molecule has 2 heterocycles. The van der Waals surface area contributed by atoms with Gasteiger partial charge in [-0.3, -0.25) is 14.7 Å². The molecule has 0 radical (unpaired) electrons. The van der Waals surface area contributed by atoms with Crippen molar-refractivity contribution >= 4 is 11.6 Å². The molecule has 1 fully saturated rings. The molecule has 1 aromatic heterocycles. The summed E-state index contributed by atoms with van der Waals surface area (Å²) >= 11 is 0. The number of H-pyrrole nitrogens is 2. The number of amides is 1.